The Bertz CT molecular complexity index is 484. The van der Waals surface area contributed by atoms with Crippen molar-refractivity contribution in [3.05, 3.63) is 33.8 Å². The second-order valence-electron chi connectivity index (χ2n) is 4.60. The lowest BCUT2D eigenvalue weighted by Crippen LogP contribution is -2.47. The second kappa shape index (κ2) is 4.14. The summed E-state index contributed by atoms with van der Waals surface area (Å²) >= 11 is 2.93. The predicted octanol–water partition coefficient (Wildman–Crippen LogP) is 3.04. The molecule has 0 heterocycles. The van der Waals surface area contributed by atoms with Gasteiger partial charge in [0, 0.05) is 0 Å². The molecule has 1 unspecified atom stereocenters. The number of rotatable bonds is 3. The zero-order valence-electron chi connectivity index (χ0n) is 9.27. The van der Waals surface area contributed by atoms with E-state index in [1.54, 1.807) is 0 Å². The van der Waals surface area contributed by atoms with Crippen LogP contribution in [-0.2, 0) is 0 Å². The first-order valence-electron chi connectivity index (χ1n) is 5.33. The minimum Gasteiger partial charge on any atom is -0.319 e. The Balaban J connectivity index is 2.47. The van der Waals surface area contributed by atoms with Crippen LogP contribution in [0.3, 0.4) is 0 Å². The molecule has 1 fully saturated rings. The molecule has 5 heteroatoms. The van der Waals surface area contributed by atoms with E-state index in [9.17, 15) is 13.6 Å². The third-order valence-corrected chi connectivity index (χ3v) is 3.80. The third kappa shape index (κ3) is 2.13. The molecule has 0 amide bonds. The summed E-state index contributed by atoms with van der Waals surface area (Å²) in [6, 6.07) is 2.29. The van der Waals surface area contributed by atoms with Gasteiger partial charge in [0.1, 0.15) is 5.82 Å². The Morgan fingerprint density at radius 1 is 1.47 bits per heavy atom. The van der Waals surface area contributed by atoms with Crippen LogP contribution in [0.1, 0.15) is 30.1 Å². The first kappa shape index (κ1) is 12.6. The van der Waals surface area contributed by atoms with Gasteiger partial charge < -0.3 is 5.73 Å². The van der Waals surface area contributed by atoms with Gasteiger partial charge in [0.25, 0.3) is 0 Å². The van der Waals surface area contributed by atoms with E-state index >= 15 is 0 Å². The normalized spacial score (nSPS) is 18.9. The van der Waals surface area contributed by atoms with Gasteiger partial charge in [-0.1, -0.05) is 0 Å². The molecule has 1 atom stereocenters. The molecule has 0 saturated heterocycles. The topological polar surface area (TPSA) is 43.1 Å². The van der Waals surface area contributed by atoms with Gasteiger partial charge in [-0.2, -0.15) is 0 Å². The number of benzene rings is 1. The molecule has 1 aliphatic rings. The second-order valence-corrected chi connectivity index (χ2v) is 5.46. The Morgan fingerprint density at radius 2 is 2.06 bits per heavy atom. The molecule has 0 radical (unpaired) electrons. The highest BCUT2D eigenvalue weighted by molar-refractivity contribution is 9.10. The fourth-order valence-corrected chi connectivity index (χ4v) is 2.20. The van der Waals surface area contributed by atoms with Crippen molar-refractivity contribution in [2.75, 3.05) is 0 Å². The number of Topliss-reactive ketones (excluding diaryl/α,β-unsaturated/α-hetero) is 1. The summed E-state index contributed by atoms with van der Waals surface area (Å²) in [4.78, 5) is 12.1. The molecule has 1 aliphatic carbocycles. The summed E-state index contributed by atoms with van der Waals surface area (Å²) in [6.07, 6.45) is 1.66. The predicted molar refractivity (Wildman–Crippen MR) is 63.7 cm³/mol. The molecule has 0 bridgehead atoms. The van der Waals surface area contributed by atoms with E-state index in [1.165, 1.54) is 13.0 Å². The quantitative estimate of drug-likeness (QED) is 0.689. The average Bonchev–Trinajstić information content (AvgIpc) is 3.07. The summed E-state index contributed by atoms with van der Waals surface area (Å²) in [7, 11) is 0. The molecule has 0 aliphatic heterocycles. The van der Waals surface area contributed by atoms with Crippen LogP contribution in [-0.4, -0.2) is 11.3 Å². The van der Waals surface area contributed by atoms with Crippen molar-refractivity contribution in [3.8, 4) is 0 Å². The number of nitrogens with two attached hydrogens (primary N) is 1. The maximum absolute atomic E-state index is 13.8. The first-order valence-corrected chi connectivity index (χ1v) is 6.12. The SMILES string of the molecule is CC(N)(C(=O)c1c(F)ccc(Br)c1F)C1CC1. The van der Waals surface area contributed by atoms with Crippen molar-refractivity contribution < 1.29 is 13.6 Å². The van der Waals surface area contributed by atoms with E-state index in [4.69, 9.17) is 5.73 Å². The smallest absolute Gasteiger partial charge is 0.188 e. The van der Waals surface area contributed by atoms with Gasteiger partial charge in [0.05, 0.1) is 15.6 Å². The van der Waals surface area contributed by atoms with Gasteiger partial charge in [0.15, 0.2) is 11.6 Å². The van der Waals surface area contributed by atoms with Crippen LogP contribution in [0.15, 0.2) is 16.6 Å². The van der Waals surface area contributed by atoms with Crippen molar-refractivity contribution in [3.63, 3.8) is 0 Å². The number of ketones is 1. The lowest BCUT2D eigenvalue weighted by Gasteiger charge is -2.23. The van der Waals surface area contributed by atoms with Gasteiger partial charge in [0.2, 0.25) is 0 Å². The molecular weight excluding hydrogens is 292 g/mol. The molecule has 2 rings (SSSR count). The van der Waals surface area contributed by atoms with Crippen LogP contribution < -0.4 is 5.73 Å². The minimum absolute atomic E-state index is 0.0211. The maximum atomic E-state index is 13.8. The van der Waals surface area contributed by atoms with Crippen LogP contribution in [0.4, 0.5) is 8.78 Å². The molecule has 0 spiro atoms. The number of hydrogen-bond acceptors (Lipinski definition) is 2. The molecule has 92 valence electrons. The number of carbonyl (C=O) groups is 1. The maximum Gasteiger partial charge on any atom is 0.188 e. The van der Waals surface area contributed by atoms with Crippen molar-refractivity contribution in [1.82, 2.24) is 0 Å². The summed E-state index contributed by atoms with van der Waals surface area (Å²) < 4.78 is 27.4. The lowest BCUT2D eigenvalue weighted by atomic mass is 9.87. The van der Waals surface area contributed by atoms with Gasteiger partial charge in [-0.3, -0.25) is 4.79 Å². The molecule has 0 aromatic heterocycles. The van der Waals surface area contributed by atoms with E-state index < -0.39 is 28.5 Å². The lowest BCUT2D eigenvalue weighted by molar-refractivity contribution is 0.0874. The van der Waals surface area contributed by atoms with Crippen molar-refractivity contribution in [2.45, 2.75) is 25.3 Å². The zero-order chi connectivity index (χ0) is 12.8. The van der Waals surface area contributed by atoms with Gasteiger partial charge in [-0.15, -0.1) is 0 Å². The average molecular weight is 304 g/mol. The standard InChI is InChI=1S/C12H12BrF2NO/c1-12(16,6-2-3-6)11(17)9-8(14)5-4-7(13)10(9)15/h4-6H,2-3,16H2,1H3. The monoisotopic (exact) mass is 303 g/mol. The largest absolute Gasteiger partial charge is 0.319 e. The molecule has 2 N–H and O–H groups in total. The van der Waals surface area contributed by atoms with Crippen molar-refractivity contribution in [2.24, 2.45) is 11.7 Å². The van der Waals surface area contributed by atoms with Crippen LogP contribution in [0.2, 0.25) is 0 Å². The third-order valence-electron chi connectivity index (χ3n) is 3.19. The van der Waals surface area contributed by atoms with Crippen LogP contribution in [0, 0.1) is 17.6 Å². The molecule has 1 saturated carbocycles. The summed E-state index contributed by atoms with van der Waals surface area (Å²) in [5, 5.41) is 0. The van der Waals surface area contributed by atoms with Crippen LogP contribution in [0.5, 0.6) is 0 Å². The van der Waals surface area contributed by atoms with E-state index in [1.807, 2.05) is 0 Å². The number of carbonyl (C=O) groups excluding carboxylic acids is 1. The Kier molecular flexibility index (Phi) is 3.08. The molecule has 1 aromatic rings. The molecule has 2 nitrogen and oxygen atoms in total. The Labute approximate surface area is 106 Å². The van der Waals surface area contributed by atoms with Gasteiger partial charge in [-0.05, 0) is 53.7 Å². The molecule has 17 heavy (non-hydrogen) atoms. The summed E-state index contributed by atoms with van der Waals surface area (Å²) in [6.45, 7) is 1.53. The van der Waals surface area contributed by atoms with Gasteiger partial charge >= 0.3 is 0 Å². The molecule has 1 aromatic carbocycles. The van der Waals surface area contributed by atoms with E-state index in [0.717, 1.165) is 18.9 Å². The van der Waals surface area contributed by atoms with E-state index in [2.05, 4.69) is 15.9 Å². The summed E-state index contributed by atoms with van der Waals surface area (Å²) in [5.74, 6) is -2.40. The van der Waals surface area contributed by atoms with Crippen LogP contribution in [0.25, 0.3) is 0 Å². The fraction of sp³-hybridized carbons (Fsp3) is 0.417. The highest BCUT2D eigenvalue weighted by Gasteiger charge is 2.45. The van der Waals surface area contributed by atoms with Crippen molar-refractivity contribution >= 4 is 21.7 Å². The van der Waals surface area contributed by atoms with Gasteiger partial charge in [-0.25, -0.2) is 8.78 Å². The van der Waals surface area contributed by atoms with E-state index in [0.29, 0.717) is 0 Å². The zero-order valence-corrected chi connectivity index (χ0v) is 10.9. The Hall–Kier alpha value is -0.810. The minimum atomic E-state index is -1.19. The number of halogens is 3. The van der Waals surface area contributed by atoms with E-state index in [-0.39, 0.29) is 10.4 Å². The highest BCUT2D eigenvalue weighted by Crippen LogP contribution is 2.40. The number of hydrogen-bond donors (Lipinski definition) is 1. The summed E-state index contributed by atoms with van der Waals surface area (Å²) in [5.41, 5.74) is 4.15. The van der Waals surface area contributed by atoms with Crippen LogP contribution >= 0.6 is 15.9 Å². The fourth-order valence-electron chi connectivity index (χ4n) is 1.87. The molecular formula is C12H12BrF2NO. The van der Waals surface area contributed by atoms with Crippen molar-refractivity contribution in [1.29, 1.82) is 0 Å². The first-order chi connectivity index (χ1) is 7.85. The Morgan fingerprint density at radius 3 is 2.59 bits per heavy atom. The highest BCUT2D eigenvalue weighted by atomic mass is 79.9.